The van der Waals surface area contributed by atoms with Gasteiger partial charge >= 0.3 is 4.87 Å². The Labute approximate surface area is 143 Å². The van der Waals surface area contributed by atoms with Crippen LogP contribution >= 0.6 is 11.3 Å². The van der Waals surface area contributed by atoms with Crippen molar-refractivity contribution < 1.29 is 9.21 Å². The van der Waals surface area contributed by atoms with E-state index in [0.717, 1.165) is 34.6 Å². The molecule has 24 heavy (non-hydrogen) atoms. The lowest BCUT2D eigenvalue weighted by molar-refractivity contribution is -0.133. The summed E-state index contributed by atoms with van der Waals surface area (Å²) in [5.41, 5.74) is 0.824. The van der Waals surface area contributed by atoms with Crippen molar-refractivity contribution in [3.8, 4) is 0 Å². The van der Waals surface area contributed by atoms with Crippen molar-refractivity contribution in [1.82, 2.24) is 9.47 Å². The first-order valence-electron chi connectivity index (χ1n) is 8.05. The zero-order chi connectivity index (χ0) is 16.7. The van der Waals surface area contributed by atoms with Gasteiger partial charge < -0.3 is 9.32 Å². The van der Waals surface area contributed by atoms with Gasteiger partial charge in [-0.1, -0.05) is 23.5 Å². The molecule has 2 heterocycles. The Balaban J connectivity index is 1.59. The number of thiazole rings is 1. The van der Waals surface area contributed by atoms with Crippen molar-refractivity contribution in [2.75, 3.05) is 0 Å². The number of amides is 1. The Hall–Kier alpha value is -2.34. The molecule has 124 valence electrons. The van der Waals surface area contributed by atoms with Gasteiger partial charge in [-0.05, 0) is 44.0 Å². The molecule has 6 heteroatoms. The summed E-state index contributed by atoms with van der Waals surface area (Å²) in [7, 11) is 0. The second-order valence-electron chi connectivity index (χ2n) is 6.19. The zero-order valence-electron chi connectivity index (χ0n) is 13.4. The molecule has 0 saturated heterocycles. The summed E-state index contributed by atoms with van der Waals surface area (Å²) < 4.78 is 8.10. The average Bonchev–Trinajstić information content (AvgIpc) is 3.25. The number of para-hydroxylation sites is 1. The lowest BCUT2D eigenvalue weighted by Crippen LogP contribution is -2.36. The minimum absolute atomic E-state index is 0.0304. The Morgan fingerprint density at radius 2 is 2.08 bits per heavy atom. The number of carbonyl (C=O) groups excluding carboxylic acids is 1. The minimum atomic E-state index is -0.0888. The van der Waals surface area contributed by atoms with Crippen LogP contribution in [0.15, 0.2) is 45.6 Å². The molecule has 0 unspecified atom stereocenters. The number of furan rings is 1. The van der Waals surface area contributed by atoms with Crippen LogP contribution in [0.25, 0.3) is 10.2 Å². The molecule has 4 rings (SSSR count). The quantitative estimate of drug-likeness (QED) is 0.716. The number of fused-ring (bicyclic) bond motifs is 1. The Kier molecular flexibility index (Phi) is 3.76. The number of aromatic nitrogens is 1. The number of benzene rings is 1. The van der Waals surface area contributed by atoms with Crippen LogP contribution in [0.4, 0.5) is 0 Å². The number of rotatable bonds is 5. The van der Waals surface area contributed by atoms with Crippen LogP contribution in [-0.4, -0.2) is 21.4 Å². The molecule has 2 aromatic heterocycles. The highest BCUT2D eigenvalue weighted by molar-refractivity contribution is 7.16. The van der Waals surface area contributed by atoms with Gasteiger partial charge in [0.2, 0.25) is 5.91 Å². The van der Waals surface area contributed by atoms with Crippen molar-refractivity contribution >= 4 is 27.5 Å². The highest BCUT2D eigenvalue weighted by atomic mass is 32.1. The maximum absolute atomic E-state index is 12.8. The highest BCUT2D eigenvalue weighted by Crippen LogP contribution is 2.29. The summed E-state index contributed by atoms with van der Waals surface area (Å²) in [5, 5.41) is 0. The van der Waals surface area contributed by atoms with E-state index >= 15 is 0 Å². The van der Waals surface area contributed by atoms with Gasteiger partial charge in [-0.3, -0.25) is 14.2 Å². The molecule has 1 saturated carbocycles. The maximum Gasteiger partial charge on any atom is 0.308 e. The van der Waals surface area contributed by atoms with E-state index in [-0.39, 0.29) is 23.4 Å². The van der Waals surface area contributed by atoms with Gasteiger partial charge in [0.15, 0.2) is 0 Å². The Bertz CT molecular complexity index is 948. The second kappa shape index (κ2) is 5.94. The first kappa shape index (κ1) is 15.2. The van der Waals surface area contributed by atoms with Crippen LogP contribution < -0.4 is 4.87 Å². The molecule has 0 aliphatic heterocycles. The molecule has 1 aromatic carbocycles. The van der Waals surface area contributed by atoms with Gasteiger partial charge in [-0.25, -0.2) is 0 Å². The van der Waals surface area contributed by atoms with Crippen LogP contribution in [0.2, 0.25) is 0 Å². The fraction of sp³-hybridized carbons (Fsp3) is 0.333. The lowest BCUT2D eigenvalue weighted by Gasteiger charge is -2.21. The standard InChI is InChI=1S/C18H18N2O3S/c1-12-6-9-14(23-12)10-19(13-7-8-13)17(21)11-20-15-4-2-3-5-16(15)24-18(20)22/h2-6,9,13H,7-8,10-11H2,1H3. The van der Waals surface area contributed by atoms with E-state index in [9.17, 15) is 9.59 Å². The number of hydrogen-bond acceptors (Lipinski definition) is 4. The van der Waals surface area contributed by atoms with Crippen molar-refractivity contribution in [1.29, 1.82) is 0 Å². The fourth-order valence-corrected chi connectivity index (χ4v) is 3.83. The van der Waals surface area contributed by atoms with Gasteiger partial charge in [-0.15, -0.1) is 0 Å². The fourth-order valence-electron chi connectivity index (χ4n) is 2.93. The van der Waals surface area contributed by atoms with E-state index in [2.05, 4.69) is 0 Å². The second-order valence-corrected chi connectivity index (χ2v) is 7.18. The summed E-state index contributed by atoms with van der Waals surface area (Å²) in [5.74, 6) is 1.60. The molecule has 0 spiro atoms. The highest BCUT2D eigenvalue weighted by Gasteiger charge is 2.33. The van der Waals surface area contributed by atoms with Gasteiger partial charge in [0.1, 0.15) is 18.1 Å². The topological polar surface area (TPSA) is 55.5 Å². The monoisotopic (exact) mass is 342 g/mol. The molecule has 0 atom stereocenters. The SMILES string of the molecule is Cc1ccc(CN(C(=O)Cn2c(=O)sc3ccccc32)C2CC2)o1. The first-order valence-corrected chi connectivity index (χ1v) is 8.86. The van der Waals surface area contributed by atoms with Crippen molar-refractivity contribution in [2.45, 2.75) is 38.9 Å². The van der Waals surface area contributed by atoms with E-state index in [0.29, 0.717) is 6.54 Å². The summed E-state index contributed by atoms with van der Waals surface area (Å²) >= 11 is 1.18. The number of aryl methyl sites for hydroxylation is 1. The van der Waals surface area contributed by atoms with E-state index < -0.39 is 0 Å². The molecule has 3 aromatic rings. The predicted molar refractivity (Wildman–Crippen MR) is 93.1 cm³/mol. The lowest BCUT2D eigenvalue weighted by atomic mass is 10.3. The van der Waals surface area contributed by atoms with Crippen LogP contribution in [0, 0.1) is 6.92 Å². The maximum atomic E-state index is 12.8. The largest absolute Gasteiger partial charge is 0.464 e. The van der Waals surface area contributed by atoms with Crippen LogP contribution in [0.3, 0.4) is 0 Å². The molecule has 1 amide bonds. The number of carbonyl (C=O) groups is 1. The van der Waals surface area contributed by atoms with E-state index in [4.69, 9.17) is 4.42 Å². The molecule has 5 nitrogen and oxygen atoms in total. The molecule has 1 aliphatic rings. The average molecular weight is 342 g/mol. The molecule has 0 bridgehead atoms. The van der Waals surface area contributed by atoms with E-state index in [1.165, 1.54) is 11.3 Å². The van der Waals surface area contributed by atoms with Crippen LogP contribution in [0.5, 0.6) is 0 Å². The Morgan fingerprint density at radius 1 is 1.29 bits per heavy atom. The van der Waals surface area contributed by atoms with Crippen LogP contribution in [-0.2, 0) is 17.9 Å². The molecule has 0 N–H and O–H groups in total. The van der Waals surface area contributed by atoms with Crippen molar-refractivity contribution in [3.63, 3.8) is 0 Å². The summed E-state index contributed by atoms with van der Waals surface area (Å²) in [4.78, 5) is 26.8. The molecular weight excluding hydrogens is 324 g/mol. The third-order valence-corrected chi connectivity index (χ3v) is 5.26. The molecule has 0 radical (unpaired) electrons. The predicted octanol–water partition coefficient (Wildman–Crippen LogP) is 3.16. The summed E-state index contributed by atoms with van der Waals surface area (Å²) in [6.07, 6.45) is 2.04. The van der Waals surface area contributed by atoms with E-state index in [1.54, 1.807) is 4.57 Å². The smallest absolute Gasteiger partial charge is 0.308 e. The van der Waals surface area contributed by atoms with Gasteiger partial charge in [0.05, 0.1) is 16.8 Å². The third-order valence-electron chi connectivity index (χ3n) is 4.30. The molecule has 1 fully saturated rings. The third kappa shape index (κ3) is 2.89. The molecule has 1 aliphatic carbocycles. The minimum Gasteiger partial charge on any atom is -0.464 e. The zero-order valence-corrected chi connectivity index (χ0v) is 14.2. The normalized spacial score (nSPS) is 14.2. The summed E-state index contributed by atoms with van der Waals surface area (Å²) in [6.45, 7) is 2.44. The van der Waals surface area contributed by atoms with Crippen molar-refractivity contribution in [3.05, 3.63) is 57.6 Å². The van der Waals surface area contributed by atoms with Gasteiger partial charge in [0, 0.05) is 6.04 Å². The number of hydrogen-bond donors (Lipinski definition) is 0. The van der Waals surface area contributed by atoms with Gasteiger partial charge in [0.25, 0.3) is 0 Å². The Morgan fingerprint density at radius 3 is 2.79 bits per heavy atom. The van der Waals surface area contributed by atoms with Gasteiger partial charge in [-0.2, -0.15) is 0 Å². The summed E-state index contributed by atoms with van der Waals surface area (Å²) in [6, 6.07) is 11.7. The first-order chi connectivity index (χ1) is 11.6. The molecular formula is C18H18N2O3S. The van der Waals surface area contributed by atoms with E-state index in [1.807, 2.05) is 48.2 Å². The van der Waals surface area contributed by atoms with Crippen molar-refractivity contribution in [2.24, 2.45) is 0 Å². The van der Waals surface area contributed by atoms with Crippen LogP contribution in [0.1, 0.15) is 24.4 Å². The number of nitrogens with zero attached hydrogens (tertiary/aromatic N) is 2.